The maximum absolute atomic E-state index is 14.1. The second kappa shape index (κ2) is 7.97. The van der Waals surface area contributed by atoms with Crippen molar-refractivity contribution in [3.63, 3.8) is 0 Å². The lowest BCUT2D eigenvalue weighted by Crippen LogP contribution is -2.38. The van der Waals surface area contributed by atoms with Gasteiger partial charge in [-0.05, 0) is 42.5 Å². The molecule has 2 atom stereocenters. The highest BCUT2D eigenvalue weighted by Gasteiger charge is 2.47. The number of nitrogens with two attached hydrogens (primary N) is 1. The lowest BCUT2D eigenvalue weighted by molar-refractivity contribution is -0.183. The van der Waals surface area contributed by atoms with Crippen LogP contribution in [-0.4, -0.2) is 61.5 Å². The molecule has 10 heteroatoms. The predicted octanol–water partition coefficient (Wildman–Crippen LogP) is 3.60. The lowest BCUT2D eigenvalue weighted by Gasteiger charge is -2.30. The van der Waals surface area contributed by atoms with Crippen LogP contribution in [0.4, 0.5) is 13.2 Å². The Bertz CT molecular complexity index is 1410. The van der Waals surface area contributed by atoms with Crippen LogP contribution in [0.15, 0.2) is 48.7 Å². The van der Waals surface area contributed by atoms with Crippen LogP contribution in [-0.2, 0) is 5.41 Å². The predicted molar refractivity (Wildman–Crippen MR) is 125 cm³/mol. The average molecular weight is 483 g/mol. The van der Waals surface area contributed by atoms with E-state index in [0.717, 1.165) is 29.3 Å². The van der Waals surface area contributed by atoms with E-state index in [1.807, 2.05) is 24.3 Å². The van der Waals surface area contributed by atoms with Gasteiger partial charge in [0.2, 0.25) is 0 Å². The second-order valence-corrected chi connectivity index (χ2v) is 9.71. The molecule has 182 valence electrons. The van der Waals surface area contributed by atoms with Gasteiger partial charge in [0.15, 0.2) is 11.5 Å². The molecule has 0 amide bonds. The van der Waals surface area contributed by atoms with Gasteiger partial charge in [-0.3, -0.25) is 9.30 Å². The number of likely N-dealkylation sites (tertiary alicyclic amines) is 1. The zero-order valence-electron chi connectivity index (χ0n) is 18.9. The number of aromatic nitrogens is 4. The Morgan fingerprint density at radius 2 is 1.94 bits per heavy atom. The zero-order valence-corrected chi connectivity index (χ0v) is 18.9. The zero-order chi connectivity index (χ0) is 24.4. The average Bonchev–Trinajstić information content (AvgIpc) is 3.35. The van der Waals surface area contributed by atoms with Crippen molar-refractivity contribution in [2.75, 3.05) is 19.7 Å². The van der Waals surface area contributed by atoms with Crippen LogP contribution >= 0.6 is 0 Å². The van der Waals surface area contributed by atoms with E-state index in [1.165, 1.54) is 17.2 Å². The quantitative estimate of drug-likeness (QED) is 0.452. The van der Waals surface area contributed by atoms with Gasteiger partial charge >= 0.3 is 6.18 Å². The number of aliphatic hydroxyl groups excluding tert-OH is 1. The summed E-state index contributed by atoms with van der Waals surface area (Å²) < 4.78 is 44.0. The van der Waals surface area contributed by atoms with Crippen molar-refractivity contribution >= 4 is 16.6 Å². The van der Waals surface area contributed by atoms with Crippen molar-refractivity contribution in [2.45, 2.75) is 42.9 Å². The molecule has 4 aromatic rings. The smallest absolute Gasteiger partial charge is 0.395 e. The van der Waals surface area contributed by atoms with Crippen molar-refractivity contribution in [1.82, 2.24) is 24.5 Å². The van der Waals surface area contributed by atoms with Crippen molar-refractivity contribution in [3.05, 3.63) is 59.8 Å². The molecule has 1 saturated carbocycles. The Kier molecular flexibility index (Phi) is 5.10. The number of alkyl halides is 3. The first-order chi connectivity index (χ1) is 16.8. The third kappa shape index (κ3) is 3.76. The number of para-hydroxylation sites is 1. The van der Waals surface area contributed by atoms with Crippen LogP contribution in [0, 0.1) is 0 Å². The maximum Gasteiger partial charge on any atom is 0.408 e. The molecule has 0 unspecified atom stereocenters. The number of hydrogen-bond acceptors (Lipinski definition) is 6. The van der Waals surface area contributed by atoms with E-state index in [-0.39, 0.29) is 30.2 Å². The summed E-state index contributed by atoms with van der Waals surface area (Å²) in [6, 6.07) is 10.6. The molecule has 35 heavy (non-hydrogen) atoms. The fraction of sp³-hybridized carbons (Fsp3) is 0.400. The molecule has 1 aromatic carbocycles. The third-order valence-electron chi connectivity index (χ3n) is 7.35. The molecular formula is C25H25F3N6O. The fourth-order valence-electron chi connectivity index (χ4n) is 5.26. The number of rotatable bonds is 5. The van der Waals surface area contributed by atoms with Gasteiger partial charge in [-0.25, -0.2) is 4.98 Å². The van der Waals surface area contributed by atoms with Crippen molar-refractivity contribution in [3.8, 4) is 11.5 Å². The van der Waals surface area contributed by atoms with Crippen LogP contribution in [0.1, 0.15) is 36.4 Å². The summed E-state index contributed by atoms with van der Waals surface area (Å²) in [5.41, 5.74) is 8.43. The number of aliphatic hydroxyl groups is 1. The van der Waals surface area contributed by atoms with Crippen molar-refractivity contribution in [2.24, 2.45) is 5.73 Å². The molecule has 3 N–H and O–H groups in total. The first-order valence-electron chi connectivity index (χ1n) is 11.7. The van der Waals surface area contributed by atoms with Crippen molar-refractivity contribution < 1.29 is 18.3 Å². The van der Waals surface area contributed by atoms with E-state index < -0.39 is 12.2 Å². The summed E-state index contributed by atoms with van der Waals surface area (Å²) in [6.07, 6.45) is -0.674. The maximum atomic E-state index is 14.1. The van der Waals surface area contributed by atoms with Crippen LogP contribution < -0.4 is 5.73 Å². The lowest BCUT2D eigenvalue weighted by atomic mass is 9.94. The second-order valence-electron chi connectivity index (χ2n) is 9.71. The minimum Gasteiger partial charge on any atom is -0.395 e. The number of nitrogens with zero attached hydrogens (tertiary/aromatic N) is 5. The Labute approximate surface area is 199 Å². The standard InChI is InChI=1S/C25H25F3N6O/c26-25(27,28)22(33-11-8-17(29)13-33)16-5-7-20-31-32-23(34(20)12-16)19-6-4-15-2-1-3-18(21(15)30-19)24(14-35)9-10-24/h1-7,12,17,22,35H,8-11,13-14,29H2/t17-,22+/m0/s1. The molecule has 3 aromatic heterocycles. The topological polar surface area (TPSA) is 92.6 Å². The Morgan fingerprint density at radius 3 is 2.63 bits per heavy atom. The Balaban J connectivity index is 1.46. The number of pyridine rings is 2. The van der Waals surface area contributed by atoms with E-state index in [1.54, 1.807) is 16.5 Å². The minimum atomic E-state index is -4.45. The van der Waals surface area contributed by atoms with Gasteiger partial charge in [0.25, 0.3) is 0 Å². The number of benzene rings is 1. The van der Waals surface area contributed by atoms with Crippen LogP contribution in [0.25, 0.3) is 28.1 Å². The number of fused-ring (bicyclic) bond motifs is 2. The molecule has 2 aliphatic rings. The monoisotopic (exact) mass is 482 g/mol. The Morgan fingerprint density at radius 1 is 1.11 bits per heavy atom. The number of halogens is 3. The van der Waals surface area contributed by atoms with Crippen LogP contribution in [0.2, 0.25) is 0 Å². The van der Waals surface area contributed by atoms with Gasteiger partial charge in [0.05, 0.1) is 12.1 Å². The molecule has 0 radical (unpaired) electrons. The largest absolute Gasteiger partial charge is 0.408 e. The summed E-state index contributed by atoms with van der Waals surface area (Å²) in [5.74, 6) is 0.367. The molecule has 4 heterocycles. The van der Waals surface area contributed by atoms with Crippen molar-refractivity contribution in [1.29, 1.82) is 0 Å². The van der Waals surface area contributed by atoms with E-state index in [2.05, 4.69) is 10.2 Å². The number of hydrogen-bond donors (Lipinski definition) is 2. The van der Waals surface area contributed by atoms with Gasteiger partial charge in [-0.2, -0.15) is 13.2 Å². The van der Waals surface area contributed by atoms with E-state index >= 15 is 0 Å². The van der Waals surface area contributed by atoms with Gasteiger partial charge in [0, 0.05) is 36.1 Å². The fourth-order valence-corrected chi connectivity index (χ4v) is 5.26. The highest BCUT2D eigenvalue weighted by molar-refractivity contribution is 5.85. The molecule has 7 nitrogen and oxygen atoms in total. The molecule has 1 aliphatic carbocycles. The molecule has 0 spiro atoms. The normalized spacial score (nSPS) is 21.1. The molecule has 0 bridgehead atoms. The van der Waals surface area contributed by atoms with Crippen LogP contribution in [0.5, 0.6) is 0 Å². The first-order valence-corrected chi connectivity index (χ1v) is 11.7. The van der Waals surface area contributed by atoms with Gasteiger partial charge < -0.3 is 10.8 Å². The van der Waals surface area contributed by atoms with E-state index in [9.17, 15) is 18.3 Å². The highest BCUT2D eigenvalue weighted by Crippen LogP contribution is 2.49. The summed E-state index contributed by atoms with van der Waals surface area (Å²) >= 11 is 0. The van der Waals surface area contributed by atoms with Gasteiger partial charge in [0.1, 0.15) is 11.7 Å². The van der Waals surface area contributed by atoms with E-state index in [4.69, 9.17) is 10.7 Å². The van der Waals surface area contributed by atoms with Gasteiger partial charge in [-0.15, -0.1) is 10.2 Å². The van der Waals surface area contributed by atoms with E-state index in [0.29, 0.717) is 30.1 Å². The summed E-state index contributed by atoms with van der Waals surface area (Å²) in [6.45, 7) is 0.535. The Hall–Kier alpha value is -3.08. The van der Waals surface area contributed by atoms with Crippen LogP contribution in [0.3, 0.4) is 0 Å². The SMILES string of the molecule is N[C@H]1CCN([C@H](c2ccc3nnc(-c4ccc5cccc(C6(CO)CC6)c5n4)n3c2)C(F)(F)F)C1. The minimum absolute atomic E-state index is 0.0498. The van der Waals surface area contributed by atoms with Gasteiger partial charge in [-0.1, -0.05) is 30.3 Å². The molecule has 6 rings (SSSR count). The molecule has 1 saturated heterocycles. The first kappa shape index (κ1) is 22.4. The molecular weight excluding hydrogens is 457 g/mol. The third-order valence-corrected chi connectivity index (χ3v) is 7.35. The molecule has 1 aliphatic heterocycles. The summed E-state index contributed by atoms with van der Waals surface area (Å²) in [7, 11) is 0. The molecule has 2 fully saturated rings. The highest BCUT2D eigenvalue weighted by atomic mass is 19.4. The summed E-state index contributed by atoms with van der Waals surface area (Å²) in [5, 5.41) is 19.3. The summed E-state index contributed by atoms with van der Waals surface area (Å²) in [4.78, 5) is 6.24.